The van der Waals surface area contributed by atoms with Gasteiger partial charge in [0.15, 0.2) is 0 Å². The third kappa shape index (κ3) is 4.51. The van der Waals surface area contributed by atoms with Crippen molar-refractivity contribution in [2.45, 2.75) is 50.8 Å². The van der Waals surface area contributed by atoms with Gasteiger partial charge in [0.25, 0.3) is 0 Å². The van der Waals surface area contributed by atoms with Gasteiger partial charge in [-0.15, -0.1) is 0 Å². The molecular weight excluding hydrogens is 443 g/mol. The Morgan fingerprint density at radius 1 is 1.09 bits per heavy atom. The van der Waals surface area contributed by atoms with E-state index in [1.165, 1.54) is 0 Å². The lowest BCUT2D eigenvalue weighted by Gasteiger charge is -2.36. The second-order valence-electron chi connectivity index (χ2n) is 9.70. The summed E-state index contributed by atoms with van der Waals surface area (Å²) in [6.07, 6.45) is 0.620. The van der Waals surface area contributed by atoms with Crippen molar-refractivity contribution in [1.29, 1.82) is 0 Å². The molecule has 0 unspecified atom stereocenters. The fourth-order valence-electron chi connectivity index (χ4n) is 4.83. The van der Waals surface area contributed by atoms with E-state index in [2.05, 4.69) is 15.6 Å². The van der Waals surface area contributed by atoms with Crippen LogP contribution in [0.2, 0.25) is 0 Å². The number of aromatic nitrogens is 1. The maximum Gasteiger partial charge on any atom is 0.416 e. The molecule has 5 rings (SSSR count). The highest BCUT2D eigenvalue weighted by Crippen LogP contribution is 2.41. The molecule has 0 bridgehead atoms. The molecule has 1 saturated heterocycles. The van der Waals surface area contributed by atoms with Gasteiger partial charge in [0.2, 0.25) is 5.91 Å². The van der Waals surface area contributed by atoms with Crippen LogP contribution in [0.15, 0.2) is 48.7 Å². The molecule has 1 aliphatic carbocycles. The molecule has 0 radical (unpaired) electrons. The van der Waals surface area contributed by atoms with Crippen molar-refractivity contribution in [3.63, 3.8) is 0 Å². The molecule has 1 aliphatic heterocycles. The Balaban J connectivity index is 1.22. The quantitative estimate of drug-likeness (QED) is 0.438. The number of halogens is 3. The molecule has 2 fully saturated rings. The second kappa shape index (κ2) is 8.65. The molecule has 3 N–H and O–H groups in total. The zero-order chi connectivity index (χ0) is 23.9. The Hall–Kier alpha value is -3.00. The Morgan fingerprint density at radius 2 is 1.79 bits per heavy atom. The van der Waals surface area contributed by atoms with Gasteiger partial charge < -0.3 is 20.4 Å². The topological polar surface area (TPSA) is 66.2 Å². The summed E-state index contributed by atoms with van der Waals surface area (Å²) < 4.78 is 44.5. The molecule has 1 amide bonds. The Kier molecular flexibility index (Phi) is 5.80. The number of fused-ring (bicyclic) bond motifs is 1. The summed E-state index contributed by atoms with van der Waals surface area (Å²) in [5, 5.41) is 7.28. The van der Waals surface area contributed by atoms with Gasteiger partial charge in [-0.2, -0.15) is 13.2 Å². The summed E-state index contributed by atoms with van der Waals surface area (Å²) in [5.74, 6) is 0.940. The van der Waals surface area contributed by atoms with Gasteiger partial charge in [-0.25, -0.2) is 0 Å². The number of ether oxygens (including phenoxy) is 1. The summed E-state index contributed by atoms with van der Waals surface area (Å²) in [5.41, 5.74) is 1.55. The van der Waals surface area contributed by atoms with Crippen LogP contribution < -0.4 is 15.4 Å². The molecule has 180 valence electrons. The number of carbonyl (C=O) groups excluding carboxylic acids is 1. The maximum absolute atomic E-state index is 12.9. The number of benzene rings is 2. The van der Waals surface area contributed by atoms with Gasteiger partial charge in [0.05, 0.1) is 17.4 Å². The lowest BCUT2D eigenvalue weighted by molar-refractivity contribution is -0.137. The van der Waals surface area contributed by atoms with Crippen LogP contribution in [0.1, 0.15) is 49.7 Å². The SMILES string of the molecule is CC1(C(=O)Nc2c[nH]c3ccc(O[C@H]4C[C@@H](c5ccc(C(F)(F)F)cc5)C4)cc23)CCNCC1. The smallest absolute Gasteiger partial charge is 0.416 e. The van der Waals surface area contributed by atoms with Crippen molar-refractivity contribution in [3.8, 4) is 5.75 Å². The van der Waals surface area contributed by atoms with Gasteiger partial charge in [-0.1, -0.05) is 19.1 Å². The second-order valence-corrected chi connectivity index (χ2v) is 9.70. The molecule has 34 heavy (non-hydrogen) atoms. The van der Waals surface area contributed by atoms with Crippen molar-refractivity contribution >= 4 is 22.5 Å². The fourth-order valence-corrected chi connectivity index (χ4v) is 4.83. The molecular formula is C26H28F3N3O2. The highest BCUT2D eigenvalue weighted by atomic mass is 19.4. The van der Waals surface area contributed by atoms with Crippen LogP contribution in [0, 0.1) is 5.41 Å². The van der Waals surface area contributed by atoms with Crippen LogP contribution in [-0.4, -0.2) is 30.1 Å². The zero-order valence-electron chi connectivity index (χ0n) is 19.0. The summed E-state index contributed by atoms with van der Waals surface area (Å²) >= 11 is 0. The normalized spacial score (nSPS) is 22.2. The molecule has 1 saturated carbocycles. The predicted molar refractivity (Wildman–Crippen MR) is 125 cm³/mol. The first-order valence-corrected chi connectivity index (χ1v) is 11.7. The minimum absolute atomic E-state index is 0.00961. The van der Waals surface area contributed by atoms with Crippen LogP contribution in [-0.2, 0) is 11.0 Å². The molecule has 2 aromatic carbocycles. The number of carbonyl (C=O) groups is 1. The zero-order valence-corrected chi connectivity index (χ0v) is 19.0. The highest BCUT2D eigenvalue weighted by molar-refractivity contribution is 6.03. The van der Waals surface area contributed by atoms with E-state index in [0.29, 0.717) is 5.75 Å². The molecule has 2 heterocycles. The number of hydrogen-bond acceptors (Lipinski definition) is 3. The first kappa shape index (κ1) is 22.8. The number of aromatic amines is 1. The number of piperidine rings is 1. The lowest BCUT2D eigenvalue weighted by atomic mass is 9.77. The Labute approximate surface area is 196 Å². The molecule has 2 aliphatic rings. The van der Waals surface area contributed by atoms with Crippen LogP contribution >= 0.6 is 0 Å². The first-order chi connectivity index (χ1) is 16.2. The molecule has 0 spiro atoms. The summed E-state index contributed by atoms with van der Waals surface area (Å²) in [4.78, 5) is 16.1. The lowest BCUT2D eigenvalue weighted by Crippen LogP contribution is -2.42. The maximum atomic E-state index is 12.9. The van der Waals surface area contributed by atoms with Crippen molar-refractivity contribution < 1.29 is 22.7 Å². The van der Waals surface area contributed by atoms with Crippen LogP contribution in [0.25, 0.3) is 10.9 Å². The number of alkyl halides is 3. The van der Waals surface area contributed by atoms with E-state index in [4.69, 9.17) is 4.74 Å². The minimum atomic E-state index is -4.32. The summed E-state index contributed by atoms with van der Waals surface area (Å²) in [7, 11) is 0. The summed E-state index contributed by atoms with van der Waals surface area (Å²) in [6.45, 7) is 3.69. The third-order valence-electron chi connectivity index (χ3n) is 7.26. The van der Waals surface area contributed by atoms with Crippen molar-refractivity contribution in [3.05, 3.63) is 59.8 Å². The molecule has 8 heteroatoms. The van der Waals surface area contributed by atoms with Gasteiger partial charge >= 0.3 is 6.18 Å². The highest BCUT2D eigenvalue weighted by Gasteiger charge is 2.36. The van der Waals surface area contributed by atoms with Gasteiger partial charge in [0, 0.05) is 22.5 Å². The Morgan fingerprint density at radius 3 is 2.47 bits per heavy atom. The summed E-state index contributed by atoms with van der Waals surface area (Å²) in [6, 6.07) is 11.2. The van der Waals surface area contributed by atoms with Crippen molar-refractivity contribution in [2.24, 2.45) is 5.41 Å². The van der Waals surface area contributed by atoms with Crippen LogP contribution in [0.3, 0.4) is 0 Å². The number of rotatable bonds is 5. The average molecular weight is 472 g/mol. The number of hydrogen-bond donors (Lipinski definition) is 3. The first-order valence-electron chi connectivity index (χ1n) is 11.7. The monoisotopic (exact) mass is 471 g/mol. The standard InChI is InChI=1S/C26H28F3N3O2/c1-25(8-10-30-11-9-25)24(33)32-23-15-31-22-7-6-19(14-21(22)23)34-20-12-17(13-20)16-2-4-18(5-3-16)26(27,28)29/h2-7,14-15,17,20,30-31H,8-13H2,1H3,(H,32,33)/t17-,20+. The van der Waals surface area contributed by atoms with E-state index in [1.807, 2.05) is 25.1 Å². The average Bonchev–Trinajstić information content (AvgIpc) is 3.18. The van der Waals surface area contributed by atoms with E-state index < -0.39 is 11.7 Å². The number of amides is 1. The van der Waals surface area contributed by atoms with E-state index in [1.54, 1.807) is 18.3 Å². The van der Waals surface area contributed by atoms with E-state index in [0.717, 1.165) is 73.1 Å². The molecule has 3 aromatic rings. The molecule has 0 atom stereocenters. The van der Waals surface area contributed by atoms with E-state index in [9.17, 15) is 18.0 Å². The largest absolute Gasteiger partial charge is 0.490 e. The number of anilines is 1. The Bertz CT molecular complexity index is 1170. The van der Waals surface area contributed by atoms with Crippen LogP contribution in [0.5, 0.6) is 5.75 Å². The third-order valence-corrected chi connectivity index (χ3v) is 7.26. The van der Waals surface area contributed by atoms with E-state index >= 15 is 0 Å². The van der Waals surface area contributed by atoms with Gasteiger partial charge in [-0.3, -0.25) is 4.79 Å². The minimum Gasteiger partial charge on any atom is -0.490 e. The molecule has 5 nitrogen and oxygen atoms in total. The van der Waals surface area contributed by atoms with Crippen LogP contribution in [0.4, 0.5) is 18.9 Å². The van der Waals surface area contributed by atoms with Gasteiger partial charge in [-0.05, 0) is 80.6 Å². The van der Waals surface area contributed by atoms with E-state index in [-0.39, 0.29) is 23.3 Å². The van der Waals surface area contributed by atoms with Crippen molar-refractivity contribution in [1.82, 2.24) is 10.3 Å². The van der Waals surface area contributed by atoms with Crippen molar-refractivity contribution in [2.75, 3.05) is 18.4 Å². The van der Waals surface area contributed by atoms with Gasteiger partial charge in [0.1, 0.15) is 5.75 Å². The fraction of sp³-hybridized carbons (Fsp3) is 0.423. The number of H-pyrrole nitrogens is 1. The molecule has 1 aromatic heterocycles. The predicted octanol–water partition coefficient (Wildman–Crippen LogP) is 5.84. The number of nitrogens with one attached hydrogen (secondary N) is 3.